The van der Waals surface area contributed by atoms with Crippen LogP contribution in [0.1, 0.15) is 27.4 Å². The van der Waals surface area contributed by atoms with Crippen LogP contribution in [-0.4, -0.2) is 25.7 Å². The Morgan fingerprint density at radius 1 is 1.17 bits per heavy atom. The zero-order valence-corrected chi connectivity index (χ0v) is 13.0. The molecule has 116 valence electrons. The molecule has 0 radical (unpaired) electrons. The number of carbonyl (C=O) groups excluding carboxylic acids is 1. The third-order valence-electron chi connectivity index (χ3n) is 3.59. The van der Waals surface area contributed by atoms with Crippen molar-refractivity contribution in [2.75, 3.05) is 5.32 Å². The molecule has 0 fully saturated rings. The lowest BCUT2D eigenvalue weighted by Crippen LogP contribution is -2.15. The van der Waals surface area contributed by atoms with Crippen LogP contribution >= 0.6 is 0 Å². The Labute approximate surface area is 134 Å². The van der Waals surface area contributed by atoms with E-state index >= 15 is 0 Å². The summed E-state index contributed by atoms with van der Waals surface area (Å²) in [7, 11) is 0. The number of aryl methyl sites for hydroxylation is 1. The molecule has 0 saturated heterocycles. The van der Waals surface area contributed by atoms with Crippen molar-refractivity contribution in [1.29, 1.82) is 0 Å². The third kappa shape index (κ3) is 3.26. The molecule has 1 N–H and O–H groups in total. The quantitative estimate of drug-likeness (QED) is 0.804. The molecule has 6 heteroatoms. The molecular weight excluding hydrogens is 290 g/mol. The summed E-state index contributed by atoms with van der Waals surface area (Å²) in [5, 5.41) is 7.39. The fourth-order valence-electron chi connectivity index (χ4n) is 2.38. The van der Waals surface area contributed by atoms with Gasteiger partial charge in [0, 0.05) is 12.4 Å². The highest BCUT2D eigenvalue weighted by Crippen LogP contribution is 2.21. The molecule has 0 unspecified atom stereocenters. The topological polar surface area (TPSA) is 72.7 Å². The van der Waals surface area contributed by atoms with E-state index in [1.807, 2.05) is 48.9 Å². The molecule has 0 bridgehead atoms. The Bertz CT molecular complexity index is 812. The van der Waals surface area contributed by atoms with Crippen molar-refractivity contribution in [1.82, 2.24) is 19.7 Å². The van der Waals surface area contributed by atoms with Crippen LogP contribution in [0.25, 0.3) is 0 Å². The standard InChI is InChI=1S/C17H17N5O/c1-12-16(20-17(23)15-10-18-8-9-19-15)13(2)22(21-12)11-14-6-4-3-5-7-14/h3-10H,11H2,1-2H3,(H,20,23). The first-order valence-electron chi connectivity index (χ1n) is 7.30. The smallest absolute Gasteiger partial charge is 0.275 e. The van der Waals surface area contributed by atoms with Gasteiger partial charge in [0.2, 0.25) is 0 Å². The van der Waals surface area contributed by atoms with E-state index in [9.17, 15) is 4.79 Å². The number of rotatable bonds is 4. The minimum Gasteiger partial charge on any atom is -0.317 e. The van der Waals surface area contributed by atoms with E-state index in [1.165, 1.54) is 18.6 Å². The number of aromatic nitrogens is 4. The van der Waals surface area contributed by atoms with Gasteiger partial charge in [-0.2, -0.15) is 5.10 Å². The van der Waals surface area contributed by atoms with Crippen molar-refractivity contribution < 1.29 is 4.79 Å². The molecule has 6 nitrogen and oxygen atoms in total. The molecule has 2 heterocycles. The number of nitrogens with zero attached hydrogens (tertiary/aromatic N) is 4. The van der Waals surface area contributed by atoms with E-state index in [4.69, 9.17) is 0 Å². The van der Waals surface area contributed by atoms with Gasteiger partial charge >= 0.3 is 0 Å². The lowest BCUT2D eigenvalue weighted by Gasteiger charge is -2.07. The average Bonchev–Trinajstić information content (AvgIpc) is 2.84. The fraction of sp³-hybridized carbons (Fsp3) is 0.176. The largest absolute Gasteiger partial charge is 0.317 e. The van der Waals surface area contributed by atoms with Gasteiger partial charge in [0.15, 0.2) is 0 Å². The van der Waals surface area contributed by atoms with E-state index in [2.05, 4.69) is 20.4 Å². The molecule has 1 aromatic carbocycles. The second-order valence-corrected chi connectivity index (χ2v) is 5.23. The van der Waals surface area contributed by atoms with Gasteiger partial charge in [0.1, 0.15) is 5.69 Å². The van der Waals surface area contributed by atoms with E-state index < -0.39 is 0 Å². The summed E-state index contributed by atoms with van der Waals surface area (Å²) >= 11 is 0. The number of hydrogen-bond donors (Lipinski definition) is 1. The summed E-state index contributed by atoms with van der Waals surface area (Å²) in [4.78, 5) is 20.2. The Morgan fingerprint density at radius 2 is 1.96 bits per heavy atom. The van der Waals surface area contributed by atoms with E-state index in [-0.39, 0.29) is 11.6 Å². The zero-order valence-electron chi connectivity index (χ0n) is 13.0. The molecule has 2 aromatic heterocycles. The maximum atomic E-state index is 12.2. The molecule has 0 aliphatic rings. The molecule has 0 aliphatic heterocycles. The van der Waals surface area contributed by atoms with Crippen LogP contribution in [0.5, 0.6) is 0 Å². The van der Waals surface area contributed by atoms with E-state index in [0.29, 0.717) is 6.54 Å². The Kier molecular flexibility index (Phi) is 4.14. The van der Waals surface area contributed by atoms with Crippen LogP contribution in [0.3, 0.4) is 0 Å². The second kappa shape index (κ2) is 6.39. The minimum atomic E-state index is -0.288. The van der Waals surface area contributed by atoms with Gasteiger partial charge in [0.25, 0.3) is 5.91 Å². The van der Waals surface area contributed by atoms with Gasteiger partial charge in [-0.25, -0.2) is 4.98 Å². The van der Waals surface area contributed by atoms with Crippen LogP contribution in [-0.2, 0) is 6.54 Å². The van der Waals surface area contributed by atoms with Gasteiger partial charge in [-0.3, -0.25) is 14.5 Å². The number of carbonyl (C=O) groups is 1. The predicted molar refractivity (Wildman–Crippen MR) is 87.2 cm³/mol. The van der Waals surface area contributed by atoms with E-state index in [1.54, 1.807) is 0 Å². The van der Waals surface area contributed by atoms with Gasteiger partial charge in [-0.05, 0) is 19.4 Å². The van der Waals surface area contributed by atoms with Crippen molar-refractivity contribution >= 4 is 11.6 Å². The number of anilines is 1. The maximum Gasteiger partial charge on any atom is 0.275 e. The molecule has 0 aliphatic carbocycles. The summed E-state index contributed by atoms with van der Waals surface area (Å²) in [5.74, 6) is -0.288. The molecule has 0 spiro atoms. The summed E-state index contributed by atoms with van der Waals surface area (Å²) < 4.78 is 1.89. The van der Waals surface area contributed by atoms with Gasteiger partial charge in [-0.1, -0.05) is 30.3 Å². The summed E-state index contributed by atoms with van der Waals surface area (Å²) in [6, 6.07) is 10.1. The Hall–Kier alpha value is -3.02. The van der Waals surface area contributed by atoms with Crippen molar-refractivity contribution in [3.05, 3.63) is 71.6 Å². The van der Waals surface area contributed by atoms with E-state index in [0.717, 1.165) is 22.6 Å². The molecule has 0 saturated carbocycles. The lowest BCUT2D eigenvalue weighted by atomic mass is 10.2. The summed E-state index contributed by atoms with van der Waals surface area (Å²) in [5.41, 5.74) is 3.84. The molecule has 3 aromatic rings. The fourth-order valence-corrected chi connectivity index (χ4v) is 2.38. The normalized spacial score (nSPS) is 10.5. The van der Waals surface area contributed by atoms with Crippen molar-refractivity contribution in [2.24, 2.45) is 0 Å². The van der Waals surface area contributed by atoms with Crippen LogP contribution in [0.15, 0.2) is 48.9 Å². The zero-order chi connectivity index (χ0) is 16.2. The van der Waals surface area contributed by atoms with Gasteiger partial charge < -0.3 is 5.32 Å². The number of benzene rings is 1. The monoisotopic (exact) mass is 307 g/mol. The first-order chi connectivity index (χ1) is 11.1. The summed E-state index contributed by atoms with van der Waals surface area (Å²) in [6.07, 6.45) is 4.47. The van der Waals surface area contributed by atoms with Crippen molar-refractivity contribution in [2.45, 2.75) is 20.4 Å². The van der Waals surface area contributed by atoms with Crippen LogP contribution < -0.4 is 5.32 Å². The van der Waals surface area contributed by atoms with Crippen LogP contribution in [0.2, 0.25) is 0 Å². The highest BCUT2D eigenvalue weighted by molar-refractivity contribution is 6.03. The SMILES string of the molecule is Cc1nn(Cc2ccccc2)c(C)c1NC(=O)c1cnccn1. The maximum absolute atomic E-state index is 12.2. The number of nitrogens with one attached hydrogen (secondary N) is 1. The number of hydrogen-bond acceptors (Lipinski definition) is 4. The molecule has 1 amide bonds. The average molecular weight is 307 g/mol. The lowest BCUT2D eigenvalue weighted by molar-refractivity contribution is 0.102. The molecular formula is C17H17N5O. The molecule has 23 heavy (non-hydrogen) atoms. The Morgan fingerprint density at radius 3 is 2.65 bits per heavy atom. The minimum absolute atomic E-state index is 0.280. The van der Waals surface area contributed by atoms with Crippen molar-refractivity contribution in [3.8, 4) is 0 Å². The highest BCUT2D eigenvalue weighted by atomic mass is 16.1. The Balaban J connectivity index is 1.82. The number of amides is 1. The first-order valence-corrected chi connectivity index (χ1v) is 7.30. The predicted octanol–water partition coefficient (Wildman–Crippen LogP) is 2.59. The van der Waals surface area contributed by atoms with Crippen LogP contribution in [0, 0.1) is 13.8 Å². The van der Waals surface area contributed by atoms with Crippen molar-refractivity contribution in [3.63, 3.8) is 0 Å². The molecule has 0 atom stereocenters. The van der Waals surface area contributed by atoms with Crippen LogP contribution in [0.4, 0.5) is 5.69 Å². The van der Waals surface area contributed by atoms with Gasteiger partial charge in [-0.15, -0.1) is 0 Å². The highest BCUT2D eigenvalue weighted by Gasteiger charge is 2.16. The first kappa shape index (κ1) is 14.9. The second-order valence-electron chi connectivity index (χ2n) is 5.23. The summed E-state index contributed by atoms with van der Waals surface area (Å²) in [6.45, 7) is 4.48. The third-order valence-corrected chi connectivity index (χ3v) is 3.59. The molecule has 3 rings (SSSR count). The van der Waals surface area contributed by atoms with Gasteiger partial charge in [0.05, 0.1) is 29.8 Å².